The Morgan fingerprint density at radius 3 is 2.70 bits per heavy atom. The first-order valence-electron chi connectivity index (χ1n) is 7.62. The van der Waals surface area contributed by atoms with Gasteiger partial charge in [-0.05, 0) is 23.8 Å². The lowest BCUT2D eigenvalue weighted by Gasteiger charge is -2.09. The average Bonchev–Trinajstić information content (AvgIpc) is 3.17. The molecule has 0 saturated carbocycles. The fourth-order valence-corrected chi connectivity index (χ4v) is 2.35. The first-order chi connectivity index (χ1) is 13.1. The van der Waals surface area contributed by atoms with E-state index in [0.717, 1.165) is 24.8 Å². The summed E-state index contributed by atoms with van der Waals surface area (Å²) in [4.78, 5) is 41.2. The van der Waals surface area contributed by atoms with Gasteiger partial charge in [-0.25, -0.2) is 0 Å². The Morgan fingerprint density at radius 2 is 2.00 bits per heavy atom. The summed E-state index contributed by atoms with van der Waals surface area (Å²) in [5.74, 6) is -0.536. The van der Waals surface area contributed by atoms with E-state index < -0.39 is 5.91 Å². The minimum Gasteiger partial charge on any atom is -0.432 e. The number of halogens is 1. The lowest BCUT2D eigenvalue weighted by atomic mass is 10.0. The number of rotatable bonds is 7. The molecule has 0 unspecified atom stereocenters. The lowest BCUT2D eigenvalue weighted by Crippen LogP contribution is -2.13. The van der Waals surface area contributed by atoms with Crippen LogP contribution >= 0.6 is 11.6 Å². The smallest absolute Gasteiger partial charge is 0.329 e. The first-order valence-corrected chi connectivity index (χ1v) is 8.00. The van der Waals surface area contributed by atoms with Gasteiger partial charge in [0.25, 0.3) is 11.9 Å². The second-order valence-electron chi connectivity index (χ2n) is 5.22. The minimum atomic E-state index is -0.536. The van der Waals surface area contributed by atoms with Gasteiger partial charge in [0.2, 0.25) is 0 Å². The number of hydrogen-bond acceptors (Lipinski definition) is 7. The lowest BCUT2D eigenvalue weighted by molar-refractivity contribution is 0.102. The number of hydrogen-bond donors (Lipinski definition) is 2. The molecule has 2 N–H and O–H groups in total. The molecule has 0 atom stereocenters. The van der Waals surface area contributed by atoms with Crippen LogP contribution in [0.2, 0.25) is 5.02 Å². The molecule has 0 aliphatic carbocycles. The molecule has 0 aliphatic heterocycles. The third kappa shape index (κ3) is 4.39. The Hall–Kier alpha value is -3.46. The van der Waals surface area contributed by atoms with Crippen molar-refractivity contribution < 1.29 is 18.8 Å². The number of carbonyl (C=O) groups is 3. The summed E-state index contributed by atoms with van der Waals surface area (Å²) in [6.45, 7) is 0. The predicted octanol–water partition coefficient (Wildman–Crippen LogP) is 2.68. The summed E-state index contributed by atoms with van der Waals surface area (Å²) in [5.41, 5.74) is 2.21. The van der Waals surface area contributed by atoms with Gasteiger partial charge in [0, 0.05) is 11.8 Å². The van der Waals surface area contributed by atoms with Gasteiger partial charge in [-0.2, -0.15) is 4.98 Å². The van der Waals surface area contributed by atoms with E-state index in [4.69, 9.17) is 16.0 Å². The van der Waals surface area contributed by atoms with Crippen molar-refractivity contribution in [3.63, 3.8) is 0 Å². The first kappa shape index (κ1) is 18.3. The molecule has 1 aromatic carbocycles. The highest BCUT2D eigenvalue weighted by atomic mass is 35.5. The van der Waals surface area contributed by atoms with Gasteiger partial charge < -0.3 is 19.8 Å². The maximum Gasteiger partial charge on any atom is 0.329 e. The largest absolute Gasteiger partial charge is 0.432 e. The Balaban J connectivity index is 1.79. The molecule has 2 heterocycles. The van der Waals surface area contributed by atoms with Gasteiger partial charge >= 0.3 is 7.41 Å². The van der Waals surface area contributed by atoms with Crippen LogP contribution in [0, 0.1) is 0 Å². The Kier molecular flexibility index (Phi) is 5.63. The number of anilines is 2. The number of nitrogens with zero attached hydrogens (tertiary/aromatic N) is 2. The van der Waals surface area contributed by atoms with Crippen LogP contribution in [-0.2, 0) is 4.79 Å². The van der Waals surface area contributed by atoms with E-state index in [1.165, 1.54) is 0 Å². The predicted molar refractivity (Wildman–Crippen MR) is 101 cm³/mol. The van der Waals surface area contributed by atoms with Crippen molar-refractivity contribution in [2.75, 3.05) is 10.5 Å². The SMILES string of the molecule is O=C[B]Nc1nc(C(=O)Nc2cc(-c3ccc(C=O)nc3)ccc2Cl)co1. The Morgan fingerprint density at radius 1 is 1.19 bits per heavy atom. The number of carbonyl (C=O) groups excluding carboxylic acids is 3. The van der Waals surface area contributed by atoms with E-state index in [1.807, 2.05) is 0 Å². The number of oxazole rings is 1. The number of nitrogens with one attached hydrogen (secondary N) is 2. The third-order valence-electron chi connectivity index (χ3n) is 3.47. The molecule has 0 spiro atoms. The molecule has 1 radical (unpaired) electrons. The highest BCUT2D eigenvalue weighted by Crippen LogP contribution is 2.29. The van der Waals surface area contributed by atoms with Crippen LogP contribution in [0.5, 0.6) is 0 Å². The highest BCUT2D eigenvalue weighted by molar-refractivity contribution is 6.69. The van der Waals surface area contributed by atoms with Gasteiger partial charge in [0.1, 0.15) is 18.1 Å². The second kappa shape index (κ2) is 8.28. The Labute approximate surface area is 159 Å². The van der Waals surface area contributed by atoms with E-state index >= 15 is 0 Å². The zero-order chi connectivity index (χ0) is 19.2. The van der Waals surface area contributed by atoms with Crippen molar-refractivity contribution in [3.05, 3.63) is 59.2 Å². The normalized spacial score (nSPS) is 10.1. The van der Waals surface area contributed by atoms with Crippen LogP contribution in [0.4, 0.5) is 11.7 Å². The molecule has 1 amide bonds. The standard InChI is InChI=1S/C17H11BClN4O4/c19-13-4-2-10(11-1-3-12(7-24)20-6-11)5-14(13)21-16(26)15-8-27-17(22-15)23-18-9-25/h1-9H,(H,21,26)(H,22,23). The number of amides is 1. The highest BCUT2D eigenvalue weighted by Gasteiger charge is 2.14. The van der Waals surface area contributed by atoms with Crippen LogP contribution in [0.15, 0.2) is 47.2 Å². The van der Waals surface area contributed by atoms with Crippen LogP contribution in [0.3, 0.4) is 0 Å². The van der Waals surface area contributed by atoms with Crippen molar-refractivity contribution in [1.29, 1.82) is 0 Å². The third-order valence-corrected chi connectivity index (χ3v) is 3.80. The van der Waals surface area contributed by atoms with E-state index in [-0.39, 0.29) is 11.7 Å². The number of aromatic nitrogens is 2. The quantitative estimate of drug-likeness (QED) is 0.477. The second-order valence-corrected chi connectivity index (χ2v) is 5.63. The number of aldehydes is 1. The van der Waals surface area contributed by atoms with E-state index in [9.17, 15) is 14.4 Å². The number of benzene rings is 1. The van der Waals surface area contributed by atoms with Gasteiger partial charge in [-0.15, -0.1) is 0 Å². The number of pyridine rings is 1. The molecular formula is C17H11BClN4O4. The summed E-state index contributed by atoms with van der Waals surface area (Å²) in [5, 5.41) is 5.46. The van der Waals surface area contributed by atoms with Gasteiger partial charge in [-0.3, -0.25) is 14.6 Å². The van der Waals surface area contributed by atoms with E-state index in [2.05, 4.69) is 20.5 Å². The molecule has 2 aromatic heterocycles. The van der Waals surface area contributed by atoms with Gasteiger partial charge in [0.15, 0.2) is 12.0 Å². The maximum atomic E-state index is 12.3. The van der Waals surface area contributed by atoms with Crippen molar-refractivity contribution in [3.8, 4) is 11.1 Å². The molecule has 0 saturated heterocycles. The molecule has 27 heavy (non-hydrogen) atoms. The summed E-state index contributed by atoms with van der Waals surface area (Å²) in [7, 11) is 1.08. The van der Waals surface area contributed by atoms with Crippen LogP contribution in [0.1, 0.15) is 21.0 Å². The van der Waals surface area contributed by atoms with Crippen molar-refractivity contribution >= 4 is 49.1 Å². The molecule has 0 aliphatic rings. The molecule has 0 bridgehead atoms. The fraction of sp³-hybridized carbons (Fsp3) is 0. The van der Waals surface area contributed by atoms with Crippen LogP contribution < -0.4 is 10.5 Å². The van der Waals surface area contributed by atoms with E-state index in [0.29, 0.717) is 28.9 Å². The summed E-state index contributed by atoms with van der Waals surface area (Å²) in [6, 6.07) is 8.42. The molecule has 3 rings (SSSR count). The summed E-state index contributed by atoms with van der Waals surface area (Å²) in [6.07, 6.45) is 3.88. The Bertz CT molecular complexity index is 991. The van der Waals surface area contributed by atoms with E-state index in [1.54, 1.807) is 36.5 Å². The zero-order valence-electron chi connectivity index (χ0n) is 13.7. The topological polar surface area (TPSA) is 114 Å². The minimum absolute atomic E-state index is 0.00781. The molecule has 3 aromatic rings. The fourth-order valence-electron chi connectivity index (χ4n) is 2.18. The van der Waals surface area contributed by atoms with Gasteiger partial charge in [-0.1, -0.05) is 23.7 Å². The van der Waals surface area contributed by atoms with Crippen molar-refractivity contribution in [2.45, 2.75) is 0 Å². The summed E-state index contributed by atoms with van der Waals surface area (Å²) >= 11 is 6.16. The zero-order valence-corrected chi connectivity index (χ0v) is 14.4. The molecular weight excluding hydrogens is 370 g/mol. The molecule has 0 fully saturated rings. The maximum absolute atomic E-state index is 12.3. The monoisotopic (exact) mass is 381 g/mol. The van der Waals surface area contributed by atoms with Crippen molar-refractivity contribution in [2.24, 2.45) is 0 Å². The van der Waals surface area contributed by atoms with Crippen LogP contribution in [-0.4, -0.2) is 35.8 Å². The molecule has 10 heteroatoms. The molecule has 8 nitrogen and oxygen atoms in total. The van der Waals surface area contributed by atoms with Crippen molar-refractivity contribution in [1.82, 2.24) is 9.97 Å². The van der Waals surface area contributed by atoms with Crippen LogP contribution in [0.25, 0.3) is 11.1 Å². The summed E-state index contributed by atoms with van der Waals surface area (Å²) < 4.78 is 5.03. The molecule has 133 valence electrons. The average molecular weight is 382 g/mol. The van der Waals surface area contributed by atoms with Gasteiger partial charge in [0.05, 0.1) is 10.7 Å².